The monoisotopic (exact) mass is 804 g/mol. The average molecular weight is 805 g/mol. The van der Waals surface area contributed by atoms with Gasteiger partial charge in [0.25, 0.3) is 0 Å². The van der Waals surface area contributed by atoms with E-state index in [0.29, 0.717) is 38.5 Å². The number of hydrogen-bond donors (Lipinski definition) is 9. The highest BCUT2D eigenvalue weighted by Crippen LogP contribution is 2.45. The zero-order valence-corrected chi connectivity index (χ0v) is 31.6. The Hall–Kier alpha value is -1.88. The number of allylic oxidation sites excluding steroid dienone is 1. The van der Waals surface area contributed by atoms with Crippen molar-refractivity contribution < 1.29 is 88.7 Å². The molecule has 0 aromatic carbocycles. The first-order valence-corrected chi connectivity index (χ1v) is 20.1. The van der Waals surface area contributed by atoms with Crippen LogP contribution in [0.3, 0.4) is 0 Å². The van der Waals surface area contributed by atoms with Gasteiger partial charge in [-0.05, 0) is 76.0 Å². The Morgan fingerprint density at radius 3 is 1.70 bits per heavy atom. The van der Waals surface area contributed by atoms with Gasteiger partial charge >= 0.3 is 11.9 Å². The van der Waals surface area contributed by atoms with Crippen LogP contribution in [0.5, 0.6) is 0 Å². The molecule has 56 heavy (non-hydrogen) atoms. The minimum absolute atomic E-state index is 0.0788. The van der Waals surface area contributed by atoms with E-state index in [-0.39, 0.29) is 37.2 Å². The summed E-state index contributed by atoms with van der Waals surface area (Å²) in [6.45, 7) is 0.302. The number of aliphatic hydroxyl groups excluding tert-OH is 9. The average Bonchev–Trinajstić information content (AvgIpc) is 3.17. The first kappa shape index (κ1) is 43.7. The molecule has 9 N–H and O–H groups in total. The molecule has 0 aromatic rings. The normalized spacial score (nSPS) is 47.5. The Balaban J connectivity index is 1.15. The summed E-state index contributed by atoms with van der Waals surface area (Å²) in [7, 11) is 0. The summed E-state index contributed by atoms with van der Waals surface area (Å²) < 4.78 is 41.4. The number of carbonyl (C=O) groups excluding carboxylic acids is 2. The van der Waals surface area contributed by atoms with E-state index in [1.165, 1.54) is 13.0 Å². The van der Waals surface area contributed by atoms with Gasteiger partial charge in [-0.2, -0.15) is 0 Å². The maximum Gasteiger partial charge on any atom is 0.330 e. The van der Waals surface area contributed by atoms with Crippen molar-refractivity contribution in [2.45, 2.75) is 182 Å². The molecule has 3 saturated carbocycles. The Kier molecular flexibility index (Phi) is 15.2. The highest BCUT2D eigenvalue weighted by Gasteiger charge is 2.54. The summed E-state index contributed by atoms with van der Waals surface area (Å²) in [4.78, 5) is 24.0. The molecule has 18 heteroatoms. The van der Waals surface area contributed by atoms with Crippen LogP contribution >= 0.6 is 0 Å². The van der Waals surface area contributed by atoms with Crippen molar-refractivity contribution in [2.24, 2.45) is 17.8 Å². The van der Waals surface area contributed by atoms with Crippen molar-refractivity contribution in [3.05, 3.63) is 12.2 Å². The van der Waals surface area contributed by atoms with Crippen LogP contribution in [0.15, 0.2) is 12.2 Å². The van der Waals surface area contributed by atoms with E-state index in [0.717, 1.165) is 12.8 Å². The lowest BCUT2D eigenvalue weighted by Gasteiger charge is -2.52. The fraction of sp³-hybridized carbons (Fsp3) is 0.895. The summed E-state index contributed by atoms with van der Waals surface area (Å²) in [5.41, 5.74) is 0. The quantitative estimate of drug-likeness (QED) is 0.0812. The van der Waals surface area contributed by atoms with Gasteiger partial charge in [-0.25, -0.2) is 4.79 Å². The van der Waals surface area contributed by atoms with Crippen LogP contribution in [0, 0.1) is 17.8 Å². The SMILES string of the molecule is CC(=O)OC[C@H]1O[C@@H](OC2CC(O)CC3OC(C4CCC(O)CC4)C(O[C@@H]4O[C@H](COC(=O)C=CC5CCC(O)CC5)[C@@H](O)[C@H](O)[C@H]4O)CC32)[C@H](O)[C@@H](O)[C@@H]1O. The Bertz CT molecular complexity index is 1300. The van der Waals surface area contributed by atoms with E-state index >= 15 is 0 Å². The van der Waals surface area contributed by atoms with Crippen molar-refractivity contribution in [2.75, 3.05) is 13.2 Å². The molecular formula is C38H60O18. The first-order valence-electron chi connectivity index (χ1n) is 20.1. The summed E-state index contributed by atoms with van der Waals surface area (Å²) >= 11 is 0. The third-order valence-electron chi connectivity index (χ3n) is 12.4. The molecule has 6 unspecified atom stereocenters. The van der Waals surface area contributed by atoms with E-state index in [1.54, 1.807) is 6.08 Å². The van der Waals surface area contributed by atoms with E-state index < -0.39 is 129 Å². The lowest BCUT2D eigenvalue weighted by atomic mass is 9.73. The van der Waals surface area contributed by atoms with Crippen molar-refractivity contribution in [3.63, 3.8) is 0 Å². The standard InChI is InChI=1S/C38H60O18/c1-17(39)50-15-27-30(44)32(46)34(48)37(55-27)53-25-13-22(42)12-24-23(25)14-26(36(52-24)19-5-9-21(41)10-6-19)54-38-35(49)33(47)31(45)28(56-38)16-51-29(43)11-4-18-2-7-20(40)8-3-18/h4,11,18-28,30-38,40-42,44-49H,2-3,5-10,12-16H2,1H3/t18?,19?,20?,21?,22?,23?,24?,25?,26?,27-,28-,30-,31-,32+,33+,34-,35-,36?,37-,38-/m1/s1. The number of aliphatic hydroxyl groups is 9. The molecule has 0 bridgehead atoms. The molecule has 3 aliphatic heterocycles. The lowest BCUT2D eigenvalue weighted by molar-refractivity contribution is -0.344. The molecule has 3 aliphatic carbocycles. The van der Waals surface area contributed by atoms with Crippen LogP contribution in [-0.2, 0) is 42.7 Å². The minimum Gasteiger partial charge on any atom is -0.463 e. The molecule has 0 amide bonds. The second-order valence-corrected chi connectivity index (χ2v) is 16.5. The van der Waals surface area contributed by atoms with Gasteiger partial charge in [-0.3, -0.25) is 4.79 Å². The Morgan fingerprint density at radius 2 is 1.12 bits per heavy atom. The van der Waals surface area contributed by atoms with Gasteiger partial charge in [0, 0.05) is 25.3 Å². The van der Waals surface area contributed by atoms with E-state index in [4.69, 9.17) is 33.2 Å². The molecule has 6 aliphatic rings. The van der Waals surface area contributed by atoms with Gasteiger partial charge in [0.05, 0.1) is 42.7 Å². The zero-order valence-electron chi connectivity index (χ0n) is 31.6. The summed E-state index contributed by atoms with van der Waals surface area (Å²) in [5, 5.41) is 95.6. The number of esters is 2. The van der Waals surface area contributed by atoms with Gasteiger partial charge in [0.15, 0.2) is 12.6 Å². The highest BCUT2D eigenvalue weighted by atomic mass is 16.7. The highest BCUT2D eigenvalue weighted by molar-refractivity contribution is 5.81. The Labute approximate surface area is 325 Å². The van der Waals surface area contributed by atoms with Crippen LogP contribution in [0.4, 0.5) is 0 Å². The van der Waals surface area contributed by atoms with Crippen molar-refractivity contribution >= 4 is 11.9 Å². The topological polar surface area (TPSA) is 281 Å². The fourth-order valence-electron chi connectivity index (χ4n) is 9.11. The maximum absolute atomic E-state index is 12.6. The second kappa shape index (κ2) is 19.5. The molecule has 6 fully saturated rings. The van der Waals surface area contributed by atoms with E-state index in [9.17, 15) is 55.5 Å². The first-order chi connectivity index (χ1) is 26.7. The van der Waals surface area contributed by atoms with Gasteiger partial charge in [0.1, 0.15) is 62.0 Å². The van der Waals surface area contributed by atoms with E-state index in [2.05, 4.69) is 0 Å². The minimum atomic E-state index is -1.73. The number of ether oxygens (including phenoxy) is 7. The molecule has 18 nitrogen and oxygen atoms in total. The molecule has 0 radical (unpaired) electrons. The van der Waals surface area contributed by atoms with Crippen LogP contribution in [0.1, 0.15) is 77.6 Å². The number of fused-ring (bicyclic) bond motifs is 1. The van der Waals surface area contributed by atoms with Gasteiger partial charge in [-0.15, -0.1) is 0 Å². The summed E-state index contributed by atoms with van der Waals surface area (Å²) in [6.07, 6.45) is -11.5. The molecule has 0 aromatic heterocycles. The molecule has 6 rings (SSSR count). The maximum atomic E-state index is 12.6. The zero-order chi connectivity index (χ0) is 40.3. The number of hydrogen-bond acceptors (Lipinski definition) is 18. The molecule has 3 heterocycles. The molecule has 320 valence electrons. The van der Waals surface area contributed by atoms with Crippen LogP contribution < -0.4 is 0 Å². The van der Waals surface area contributed by atoms with Crippen molar-refractivity contribution in [1.29, 1.82) is 0 Å². The summed E-state index contributed by atoms with van der Waals surface area (Å²) in [5.74, 6) is -1.81. The largest absolute Gasteiger partial charge is 0.463 e. The number of rotatable bonds is 11. The number of carbonyl (C=O) groups is 2. The fourth-order valence-corrected chi connectivity index (χ4v) is 9.11. The summed E-state index contributed by atoms with van der Waals surface area (Å²) in [6, 6.07) is 0. The van der Waals surface area contributed by atoms with Crippen LogP contribution in [0.25, 0.3) is 0 Å². The van der Waals surface area contributed by atoms with Gasteiger partial charge in [-0.1, -0.05) is 6.08 Å². The van der Waals surface area contributed by atoms with Crippen molar-refractivity contribution in [1.82, 2.24) is 0 Å². The van der Waals surface area contributed by atoms with Crippen LogP contribution in [-0.4, -0.2) is 175 Å². The molecule has 16 atom stereocenters. The molecular weight excluding hydrogens is 744 g/mol. The second-order valence-electron chi connectivity index (χ2n) is 16.5. The predicted molar refractivity (Wildman–Crippen MR) is 188 cm³/mol. The Morgan fingerprint density at radius 1 is 0.589 bits per heavy atom. The van der Waals surface area contributed by atoms with E-state index in [1.807, 2.05) is 0 Å². The third kappa shape index (κ3) is 10.6. The predicted octanol–water partition coefficient (Wildman–Crippen LogP) is -1.93. The van der Waals surface area contributed by atoms with Crippen LogP contribution in [0.2, 0.25) is 0 Å². The third-order valence-corrected chi connectivity index (χ3v) is 12.4. The molecule has 0 spiro atoms. The van der Waals surface area contributed by atoms with Gasteiger partial charge in [0.2, 0.25) is 0 Å². The van der Waals surface area contributed by atoms with Gasteiger partial charge < -0.3 is 79.1 Å². The lowest BCUT2D eigenvalue weighted by Crippen LogP contribution is -2.63. The molecule has 3 saturated heterocycles. The smallest absolute Gasteiger partial charge is 0.330 e. The van der Waals surface area contributed by atoms with Crippen molar-refractivity contribution in [3.8, 4) is 0 Å².